The Hall–Kier alpha value is -2.26. The van der Waals surface area contributed by atoms with E-state index in [9.17, 15) is 22.0 Å². The van der Waals surface area contributed by atoms with E-state index in [1.165, 1.54) is 18.3 Å². The largest absolute Gasteiger partial charge is 0.416 e. The minimum absolute atomic E-state index is 0.301. The van der Waals surface area contributed by atoms with Crippen molar-refractivity contribution in [2.24, 2.45) is 9.50 Å². The first kappa shape index (κ1) is 16.6. The monoisotopic (exact) mass is 359 g/mol. The fourth-order valence-electron chi connectivity index (χ4n) is 2.12. The summed E-state index contributed by atoms with van der Waals surface area (Å²) in [6.07, 6.45) is -3.00. The van der Waals surface area contributed by atoms with Crippen molar-refractivity contribution in [1.29, 1.82) is 0 Å². The molecule has 0 aliphatic carbocycles. The van der Waals surface area contributed by atoms with Crippen LogP contribution in [0.3, 0.4) is 0 Å². The van der Waals surface area contributed by atoms with Crippen LogP contribution in [0.1, 0.15) is 5.56 Å². The van der Waals surface area contributed by atoms with Crippen molar-refractivity contribution >= 4 is 27.5 Å². The average Bonchev–Trinajstić information content (AvgIpc) is 2.89. The predicted octanol–water partition coefficient (Wildman–Crippen LogP) is 4.83. The van der Waals surface area contributed by atoms with Gasteiger partial charge in [0.2, 0.25) is 0 Å². The number of aromatic amines is 1. The molecule has 0 fully saturated rings. The fraction of sp³-hybridized carbons (Fsp3) is 0.0667. The quantitative estimate of drug-likeness (QED) is 0.633. The van der Waals surface area contributed by atoms with Crippen molar-refractivity contribution in [3.8, 4) is 0 Å². The highest BCUT2D eigenvalue weighted by Crippen LogP contribution is 2.31. The average molecular weight is 359 g/mol. The second kappa shape index (κ2) is 5.99. The molecule has 1 heterocycles. The van der Waals surface area contributed by atoms with E-state index in [0.717, 1.165) is 24.3 Å². The first-order chi connectivity index (χ1) is 11.3. The third-order valence-electron chi connectivity index (χ3n) is 3.32. The van der Waals surface area contributed by atoms with E-state index in [1.54, 1.807) is 0 Å². The van der Waals surface area contributed by atoms with Crippen LogP contribution in [0.2, 0.25) is 0 Å². The van der Waals surface area contributed by atoms with Gasteiger partial charge in [0.15, 0.2) is 11.6 Å². The van der Waals surface area contributed by atoms with E-state index >= 15 is 0 Å². The Balaban J connectivity index is 1.98. The zero-order chi connectivity index (χ0) is 17.5. The van der Waals surface area contributed by atoms with Gasteiger partial charge in [-0.2, -0.15) is 13.2 Å². The number of hydrogen-bond donors (Lipinski definition) is 2. The Kier molecular flexibility index (Phi) is 4.14. The van der Waals surface area contributed by atoms with Gasteiger partial charge in [0, 0.05) is 33.4 Å². The molecule has 0 aliphatic heterocycles. The van der Waals surface area contributed by atoms with Gasteiger partial charge < -0.3 is 4.98 Å². The Morgan fingerprint density at radius 1 is 1.00 bits per heavy atom. The van der Waals surface area contributed by atoms with Crippen molar-refractivity contribution in [1.82, 2.24) is 4.98 Å². The van der Waals surface area contributed by atoms with Gasteiger partial charge in [-0.3, -0.25) is 5.14 Å². The molecule has 24 heavy (non-hydrogen) atoms. The summed E-state index contributed by atoms with van der Waals surface area (Å²) < 4.78 is 68.4. The molecule has 0 spiro atoms. The van der Waals surface area contributed by atoms with E-state index in [-0.39, 0.29) is 0 Å². The summed E-state index contributed by atoms with van der Waals surface area (Å²) in [5, 5.41) is 6.24. The number of halogens is 5. The van der Waals surface area contributed by atoms with Gasteiger partial charge in [0.05, 0.1) is 16.8 Å². The smallest absolute Gasteiger partial charge is 0.359 e. The number of H-pyrrole nitrogens is 1. The summed E-state index contributed by atoms with van der Waals surface area (Å²) in [6, 6.07) is 6.30. The SMILES string of the molecule is NS(=Nc1c[nH]c2cc(F)c(F)cc12)c1ccc(C(F)(F)F)cc1. The van der Waals surface area contributed by atoms with Crippen LogP contribution in [0.25, 0.3) is 10.9 Å². The molecule has 3 N–H and O–H groups in total. The molecule has 0 bridgehead atoms. The molecule has 0 radical (unpaired) electrons. The van der Waals surface area contributed by atoms with E-state index < -0.39 is 34.3 Å². The third-order valence-corrected chi connectivity index (χ3v) is 4.47. The fourth-order valence-corrected chi connectivity index (χ4v) is 3.00. The predicted molar refractivity (Wildman–Crippen MR) is 81.6 cm³/mol. The summed E-state index contributed by atoms with van der Waals surface area (Å²) >= 11 is 0. The number of nitrogens with two attached hydrogens (primary N) is 1. The van der Waals surface area contributed by atoms with Crippen molar-refractivity contribution in [2.45, 2.75) is 11.1 Å². The number of fused-ring (bicyclic) bond motifs is 1. The van der Waals surface area contributed by atoms with E-state index in [0.29, 0.717) is 21.5 Å². The second-order valence-corrected chi connectivity index (χ2v) is 6.20. The van der Waals surface area contributed by atoms with Crippen LogP contribution in [-0.2, 0) is 17.1 Å². The van der Waals surface area contributed by atoms with Gasteiger partial charge in [0.1, 0.15) is 0 Å². The van der Waals surface area contributed by atoms with Crippen LogP contribution in [0.15, 0.2) is 51.9 Å². The zero-order valence-electron chi connectivity index (χ0n) is 11.9. The van der Waals surface area contributed by atoms with Gasteiger partial charge in [-0.25, -0.2) is 13.1 Å². The molecule has 9 heteroatoms. The lowest BCUT2D eigenvalue weighted by molar-refractivity contribution is -0.137. The topological polar surface area (TPSA) is 54.2 Å². The number of nitrogens with one attached hydrogen (secondary N) is 1. The molecule has 1 aromatic heterocycles. The second-order valence-electron chi connectivity index (χ2n) is 4.91. The molecule has 3 rings (SSSR count). The van der Waals surface area contributed by atoms with Gasteiger partial charge in [0.25, 0.3) is 0 Å². The molecule has 0 saturated carbocycles. The molecule has 3 aromatic rings. The Labute approximate surface area is 135 Å². The molecule has 1 unspecified atom stereocenters. The van der Waals surface area contributed by atoms with Gasteiger partial charge in [-0.15, -0.1) is 0 Å². The highest BCUT2D eigenvalue weighted by Gasteiger charge is 2.30. The van der Waals surface area contributed by atoms with Crippen molar-refractivity contribution in [3.05, 3.63) is 59.8 Å². The molecule has 0 amide bonds. The first-order valence-electron chi connectivity index (χ1n) is 6.59. The van der Waals surface area contributed by atoms with Crippen LogP contribution in [-0.4, -0.2) is 4.98 Å². The number of rotatable bonds is 2. The minimum atomic E-state index is -4.43. The maximum Gasteiger partial charge on any atom is 0.416 e. The van der Waals surface area contributed by atoms with Crippen molar-refractivity contribution in [3.63, 3.8) is 0 Å². The van der Waals surface area contributed by atoms with Gasteiger partial charge >= 0.3 is 6.18 Å². The molecule has 0 saturated heterocycles. The lowest BCUT2D eigenvalue weighted by Gasteiger charge is -2.07. The van der Waals surface area contributed by atoms with Crippen LogP contribution >= 0.6 is 0 Å². The van der Waals surface area contributed by atoms with Crippen LogP contribution in [0.4, 0.5) is 27.6 Å². The Morgan fingerprint density at radius 3 is 2.25 bits per heavy atom. The van der Waals surface area contributed by atoms with E-state index in [1.807, 2.05) is 0 Å². The Bertz CT molecular complexity index is 929. The molecule has 1 atom stereocenters. The molecule has 2 aromatic carbocycles. The third kappa shape index (κ3) is 3.17. The van der Waals surface area contributed by atoms with Crippen molar-refractivity contribution in [2.75, 3.05) is 0 Å². The van der Waals surface area contributed by atoms with Crippen LogP contribution < -0.4 is 5.14 Å². The molecular formula is C15H10F5N3S. The lowest BCUT2D eigenvalue weighted by Crippen LogP contribution is -2.06. The summed E-state index contributed by atoms with van der Waals surface area (Å²) in [5.41, 5.74) is -0.139. The Morgan fingerprint density at radius 2 is 1.62 bits per heavy atom. The maximum atomic E-state index is 13.4. The highest BCUT2D eigenvalue weighted by atomic mass is 32.2. The summed E-state index contributed by atoms with van der Waals surface area (Å²) in [5.74, 6) is -2.02. The van der Waals surface area contributed by atoms with E-state index in [4.69, 9.17) is 5.14 Å². The maximum absolute atomic E-state index is 13.4. The number of benzene rings is 2. The van der Waals surface area contributed by atoms with E-state index in [2.05, 4.69) is 9.35 Å². The standard InChI is InChI=1S/C15H10F5N3S/c16-11-5-10-13(6-12(11)17)22-7-14(10)23-24(21)9-3-1-8(2-4-9)15(18,19)20/h1-7,22H,(H2,21,23). The van der Waals surface area contributed by atoms with Gasteiger partial charge in [-0.05, 0) is 30.3 Å². The number of nitrogens with zero attached hydrogens (tertiary/aromatic N) is 1. The minimum Gasteiger partial charge on any atom is -0.359 e. The van der Waals surface area contributed by atoms with Gasteiger partial charge in [-0.1, -0.05) is 0 Å². The highest BCUT2D eigenvalue weighted by molar-refractivity contribution is 7.85. The number of hydrogen-bond acceptors (Lipinski definition) is 1. The first-order valence-corrected chi connectivity index (χ1v) is 7.84. The summed E-state index contributed by atoms with van der Waals surface area (Å²) in [7, 11) is -1.24. The van der Waals surface area contributed by atoms with Crippen molar-refractivity contribution < 1.29 is 22.0 Å². The van der Waals surface area contributed by atoms with Crippen LogP contribution in [0.5, 0.6) is 0 Å². The normalized spacial score (nSPS) is 13.6. The lowest BCUT2D eigenvalue weighted by atomic mass is 10.2. The summed E-state index contributed by atoms with van der Waals surface area (Å²) in [4.78, 5) is 3.13. The number of aromatic nitrogens is 1. The molecular weight excluding hydrogens is 349 g/mol. The summed E-state index contributed by atoms with van der Waals surface area (Å²) in [6.45, 7) is 0. The molecule has 3 nitrogen and oxygen atoms in total. The zero-order valence-corrected chi connectivity index (χ0v) is 12.7. The van der Waals surface area contributed by atoms with Crippen LogP contribution in [0, 0.1) is 11.6 Å². The molecule has 0 aliphatic rings. The number of alkyl halides is 3. The molecule has 126 valence electrons.